The Kier molecular flexibility index (Phi) is 7.12. The first-order valence-electron chi connectivity index (χ1n) is 5.39. The molecule has 0 aromatic heterocycles. The van der Waals surface area contributed by atoms with Crippen molar-refractivity contribution in [3.8, 4) is 0 Å². The number of hydrogen-bond donors (Lipinski definition) is 2. The van der Waals surface area contributed by atoms with Crippen LogP contribution in [0.3, 0.4) is 0 Å². The van der Waals surface area contributed by atoms with Crippen LogP contribution in [0.4, 0.5) is 13.2 Å². The Balaban J connectivity index is 3.72. The van der Waals surface area contributed by atoms with Crippen LogP contribution in [0.15, 0.2) is 0 Å². The summed E-state index contributed by atoms with van der Waals surface area (Å²) in [6.45, 7) is 2.02. The minimum absolute atomic E-state index is 0.0835. The Hall–Kier alpha value is -0.780. The fourth-order valence-electron chi connectivity index (χ4n) is 1.29. The predicted octanol–water partition coefficient (Wildman–Crippen LogP) is 2.56. The number of nitrogens with one attached hydrogen (secondary N) is 1. The highest BCUT2D eigenvalue weighted by atomic mass is 19.4. The number of alkyl halides is 3. The number of unbranched alkanes of at least 4 members (excludes halogenated alkanes) is 1. The number of carboxylic acid groups (broad SMARTS) is 1. The molecule has 1 atom stereocenters. The molecule has 3 nitrogen and oxygen atoms in total. The summed E-state index contributed by atoms with van der Waals surface area (Å²) in [5.74, 6) is -1.000. The molecule has 0 aliphatic rings. The number of hydrogen-bond acceptors (Lipinski definition) is 2. The molecule has 6 heteroatoms. The molecule has 2 N–H and O–H groups in total. The molecule has 0 saturated carbocycles. The maximum Gasteiger partial charge on any atom is 0.389 e. The monoisotopic (exact) mass is 241 g/mol. The summed E-state index contributed by atoms with van der Waals surface area (Å²) in [4.78, 5) is 10.7. The van der Waals surface area contributed by atoms with Crippen LogP contribution in [-0.2, 0) is 4.79 Å². The smallest absolute Gasteiger partial charge is 0.389 e. The highest BCUT2D eigenvalue weighted by Crippen LogP contribution is 2.20. The van der Waals surface area contributed by atoms with Gasteiger partial charge in [-0.05, 0) is 19.4 Å². The van der Waals surface area contributed by atoms with Gasteiger partial charge in [-0.15, -0.1) is 0 Å². The van der Waals surface area contributed by atoms with Crippen molar-refractivity contribution < 1.29 is 23.1 Å². The molecule has 1 unspecified atom stereocenters. The van der Waals surface area contributed by atoms with Crippen molar-refractivity contribution in [2.75, 3.05) is 6.54 Å². The quantitative estimate of drug-likeness (QED) is 0.642. The number of carbonyl (C=O) groups is 1. The lowest BCUT2D eigenvalue weighted by atomic mass is 10.1. The van der Waals surface area contributed by atoms with E-state index in [4.69, 9.17) is 5.11 Å². The maximum atomic E-state index is 11.8. The van der Waals surface area contributed by atoms with E-state index in [-0.39, 0.29) is 13.0 Å². The van der Waals surface area contributed by atoms with Gasteiger partial charge in [0.05, 0.1) is 0 Å². The molecule has 0 saturated heterocycles. The highest BCUT2D eigenvalue weighted by Gasteiger charge is 2.26. The topological polar surface area (TPSA) is 49.3 Å². The molecule has 0 radical (unpaired) electrons. The predicted molar refractivity (Wildman–Crippen MR) is 54.2 cm³/mol. The Morgan fingerprint density at radius 1 is 1.38 bits per heavy atom. The van der Waals surface area contributed by atoms with Crippen molar-refractivity contribution in [1.29, 1.82) is 0 Å². The van der Waals surface area contributed by atoms with Gasteiger partial charge in [-0.2, -0.15) is 13.2 Å². The zero-order chi connectivity index (χ0) is 12.6. The van der Waals surface area contributed by atoms with Gasteiger partial charge >= 0.3 is 12.1 Å². The first kappa shape index (κ1) is 15.2. The van der Waals surface area contributed by atoms with Gasteiger partial charge < -0.3 is 10.4 Å². The third kappa shape index (κ3) is 8.52. The molecule has 0 aliphatic carbocycles. The van der Waals surface area contributed by atoms with E-state index in [1.807, 2.05) is 6.92 Å². The van der Waals surface area contributed by atoms with Gasteiger partial charge in [0, 0.05) is 6.42 Å². The molecule has 0 heterocycles. The van der Waals surface area contributed by atoms with Crippen LogP contribution in [0.5, 0.6) is 0 Å². The number of aliphatic carboxylic acids is 1. The second-order valence-corrected chi connectivity index (χ2v) is 3.71. The summed E-state index contributed by atoms with van der Waals surface area (Å²) in [6.07, 6.45) is -3.04. The van der Waals surface area contributed by atoms with Gasteiger partial charge in [-0.1, -0.05) is 19.8 Å². The Bertz CT molecular complexity index is 207. The first-order chi connectivity index (χ1) is 7.37. The summed E-state index contributed by atoms with van der Waals surface area (Å²) >= 11 is 0. The molecule has 16 heavy (non-hydrogen) atoms. The highest BCUT2D eigenvalue weighted by molar-refractivity contribution is 5.73. The van der Waals surface area contributed by atoms with Crippen LogP contribution in [0, 0.1) is 0 Å². The van der Waals surface area contributed by atoms with Crippen LogP contribution in [0.25, 0.3) is 0 Å². The van der Waals surface area contributed by atoms with E-state index in [9.17, 15) is 18.0 Å². The van der Waals surface area contributed by atoms with Crippen LogP contribution in [0.1, 0.15) is 39.0 Å². The van der Waals surface area contributed by atoms with E-state index in [2.05, 4.69) is 5.32 Å². The van der Waals surface area contributed by atoms with E-state index in [1.165, 1.54) is 0 Å². The van der Waals surface area contributed by atoms with Crippen LogP contribution >= 0.6 is 0 Å². The Labute approximate surface area is 93.0 Å². The minimum atomic E-state index is -4.16. The molecule has 0 rings (SSSR count). The minimum Gasteiger partial charge on any atom is -0.480 e. The number of rotatable bonds is 8. The summed E-state index contributed by atoms with van der Waals surface area (Å²) in [6, 6.07) is -0.729. The zero-order valence-electron chi connectivity index (χ0n) is 9.31. The molecule has 0 spiro atoms. The summed E-state index contributed by atoms with van der Waals surface area (Å²) < 4.78 is 35.4. The molecule has 0 bridgehead atoms. The first-order valence-corrected chi connectivity index (χ1v) is 5.39. The van der Waals surface area contributed by atoms with Gasteiger partial charge in [-0.3, -0.25) is 4.79 Å². The van der Waals surface area contributed by atoms with Crippen LogP contribution in [-0.4, -0.2) is 29.8 Å². The fourth-order valence-corrected chi connectivity index (χ4v) is 1.29. The van der Waals surface area contributed by atoms with E-state index in [0.717, 1.165) is 12.8 Å². The van der Waals surface area contributed by atoms with E-state index in [0.29, 0.717) is 6.42 Å². The molecule has 0 aromatic rings. The fraction of sp³-hybridized carbons (Fsp3) is 0.900. The van der Waals surface area contributed by atoms with Crippen molar-refractivity contribution >= 4 is 5.97 Å². The lowest BCUT2D eigenvalue weighted by molar-refractivity contribution is -0.139. The standard InChI is InChI=1S/C10H18F3NO2/c1-2-3-5-8(9(15)16)14-7-4-6-10(11,12)13/h8,14H,2-7H2,1H3,(H,15,16). The van der Waals surface area contributed by atoms with Gasteiger partial charge in [0.15, 0.2) is 0 Å². The Morgan fingerprint density at radius 2 is 2.00 bits per heavy atom. The molecular weight excluding hydrogens is 223 g/mol. The second-order valence-electron chi connectivity index (χ2n) is 3.71. The van der Waals surface area contributed by atoms with Gasteiger partial charge in [-0.25, -0.2) is 0 Å². The molecule has 0 aliphatic heterocycles. The third-order valence-corrected chi connectivity index (χ3v) is 2.17. The summed E-state index contributed by atoms with van der Waals surface area (Å²) in [5.41, 5.74) is 0. The maximum absolute atomic E-state index is 11.8. The van der Waals surface area contributed by atoms with Crippen molar-refractivity contribution in [1.82, 2.24) is 5.32 Å². The number of halogens is 3. The van der Waals surface area contributed by atoms with E-state index >= 15 is 0 Å². The molecule has 0 fully saturated rings. The van der Waals surface area contributed by atoms with Crippen molar-refractivity contribution in [2.45, 2.75) is 51.2 Å². The normalized spacial score (nSPS) is 13.8. The van der Waals surface area contributed by atoms with Gasteiger partial charge in [0.25, 0.3) is 0 Å². The van der Waals surface area contributed by atoms with E-state index in [1.54, 1.807) is 0 Å². The van der Waals surface area contributed by atoms with Gasteiger partial charge in [0.2, 0.25) is 0 Å². The lowest BCUT2D eigenvalue weighted by Gasteiger charge is -2.14. The average Bonchev–Trinajstić information content (AvgIpc) is 2.14. The molecule has 96 valence electrons. The van der Waals surface area contributed by atoms with Gasteiger partial charge in [0.1, 0.15) is 6.04 Å². The number of carboxylic acids is 1. The van der Waals surface area contributed by atoms with Crippen LogP contribution < -0.4 is 5.32 Å². The molecule has 0 amide bonds. The molecular formula is C10H18F3NO2. The zero-order valence-corrected chi connectivity index (χ0v) is 9.31. The van der Waals surface area contributed by atoms with Crippen molar-refractivity contribution in [3.05, 3.63) is 0 Å². The third-order valence-electron chi connectivity index (χ3n) is 2.17. The van der Waals surface area contributed by atoms with E-state index < -0.39 is 24.6 Å². The summed E-state index contributed by atoms with van der Waals surface area (Å²) in [7, 11) is 0. The van der Waals surface area contributed by atoms with Crippen molar-refractivity contribution in [2.24, 2.45) is 0 Å². The molecule has 0 aromatic carbocycles. The second kappa shape index (κ2) is 7.49. The largest absolute Gasteiger partial charge is 0.480 e. The van der Waals surface area contributed by atoms with Crippen LogP contribution in [0.2, 0.25) is 0 Å². The average molecular weight is 241 g/mol. The Morgan fingerprint density at radius 3 is 2.44 bits per heavy atom. The summed E-state index contributed by atoms with van der Waals surface area (Å²) in [5, 5.41) is 11.4. The SMILES string of the molecule is CCCCC(NCCCC(F)(F)F)C(=O)O. The lowest BCUT2D eigenvalue weighted by Crippen LogP contribution is -2.37. The van der Waals surface area contributed by atoms with Crippen molar-refractivity contribution in [3.63, 3.8) is 0 Å².